The van der Waals surface area contributed by atoms with E-state index in [1.54, 1.807) is 0 Å². The highest BCUT2D eigenvalue weighted by Gasteiger charge is 2.09. The summed E-state index contributed by atoms with van der Waals surface area (Å²) in [6.07, 6.45) is 5.56. The summed E-state index contributed by atoms with van der Waals surface area (Å²) in [6, 6.07) is 0. The number of rotatable bonds is 2. The predicted molar refractivity (Wildman–Crippen MR) is 43.9 cm³/mol. The van der Waals surface area contributed by atoms with E-state index >= 15 is 0 Å². The van der Waals surface area contributed by atoms with Crippen LogP contribution in [0.25, 0.3) is 5.82 Å². The molecule has 0 atom stereocenters. The summed E-state index contributed by atoms with van der Waals surface area (Å²) < 4.78 is 0. The molecule has 0 radical (unpaired) electrons. The Morgan fingerprint density at radius 2 is 2.21 bits per heavy atom. The quantitative estimate of drug-likeness (QED) is 0.703. The van der Waals surface area contributed by atoms with E-state index in [1.165, 1.54) is 18.6 Å². The van der Waals surface area contributed by atoms with Crippen LogP contribution >= 0.6 is 0 Å². The third-order valence-corrected chi connectivity index (χ3v) is 1.47. The van der Waals surface area contributed by atoms with Crippen molar-refractivity contribution in [3.63, 3.8) is 0 Å². The molecule has 0 aliphatic carbocycles. The number of carbonyl (C=O) groups is 1. The Morgan fingerprint density at radius 1 is 1.36 bits per heavy atom. The maximum Gasteiger partial charge on any atom is 0.358 e. The molecule has 0 bridgehead atoms. The van der Waals surface area contributed by atoms with Crippen molar-refractivity contribution in [1.29, 1.82) is 0 Å². The smallest absolute Gasteiger partial charge is 0.358 e. The van der Waals surface area contributed by atoms with Gasteiger partial charge in [0.25, 0.3) is 0 Å². The molecule has 0 spiro atoms. The van der Waals surface area contributed by atoms with Gasteiger partial charge >= 0.3 is 5.97 Å². The van der Waals surface area contributed by atoms with Crippen LogP contribution < -0.4 is 0 Å². The first kappa shape index (κ1) is 8.30. The van der Waals surface area contributed by atoms with E-state index in [0.29, 0.717) is 5.82 Å². The first-order valence-corrected chi connectivity index (χ1v) is 3.69. The van der Waals surface area contributed by atoms with Gasteiger partial charge < -0.3 is 5.11 Å². The van der Waals surface area contributed by atoms with Crippen LogP contribution in [0.3, 0.4) is 0 Å². The maximum atomic E-state index is 10.5. The molecule has 2 heterocycles. The van der Waals surface area contributed by atoms with Crippen molar-refractivity contribution in [3.8, 4) is 5.82 Å². The van der Waals surface area contributed by atoms with E-state index in [0.717, 1.165) is 11.0 Å². The predicted octanol–water partition coefficient (Wildman–Crippen LogP) is -0.245. The third kappa shape index (κ3) is 1.42. The molecule has 2 rings (SSSR count). The second-order valence-electron chi connectivity index (χ2n) is 2.39. The standard InChI is InChI=1S/C7H5N5O2/c13-7(14)5-3-10-12(11-5)6-4-8-1-2-9-6/h1-4H,(H,13,14). The first-order chi connectivity index (χ1) is 6.77. The van der Waals surface area contributed by atoms with Gasteiger partial charge in [-0.3, -0.25) is 4.98 Å². The third-order valence-electron chi connectivity index (χ3n) is 1.47. The molecule has 0 aromatic carbocycles. The average molecular weight is 191 g/mol. The van der Waals surface area contributed by atoms with E-state index in [2.05, 4.69) is 20.2 Å². The Labute approximate surface area is 78.0 Å². The second kappa shape index (κ2) is 3.21. The lowest BCUT2D eigenvalue weighted by atomic mass is 10.5. The van der Waals surface area contributed by atoms with Crippen LogP contribution in [0.1, 0.15) is 10.5 Å². The fourth-order valence-electron chi connectivity index (χ4n) is 0.866. The maximum absolute atomic E-state index is 10.5. The minimum atomic E-state index is -1.12. The fraction of sp³-hybridized carbons (Fsp3) is 0. The lowest BCUT2D eigenvalue weighted by Crippen LogP contribution is -2.04. The molecule has 7 heteroatoms. The van der Waals surface area contributed by atoms with Gasteiger partial charge in [-0.05, 0) is 0 Å². The summed E-state index contributed by atoms with van der Waals surface area (Å²) in [6.45, 7) is 0. The Hall–Kier alpha value is -2.31. The van der Waals surface area contributed by atoms with Crippen LogP contribution in [-0.4, -0.2) is 36.0 Å². The molecule has 14 heavy (non-hydrogen) atoms. The molecule has 0 unspecified atom stereocenters. The molecular formula is C7H5N5O2. The summed E-state index contributed by atoms with van der Waals surface area (Å²) in [5, 5.41) is 16.0. The van der Waals surface area contributed by atoms with Crippen molar-refractivity contribution in [1.82, 2.24) is 25.0 Å². The van der Waals surface area contributed by atoms with Gasteiger partial charge in [-0.25, -0.2) is 9.78 Å². The zero-order valence-electron chi connectivity index (χ0n) is 6.90. The SMILES string of the molecule is O=C(O)c1cnn(-c2cnccn2)n1. The first-order valence-electron chi connectivity index (χ1n) is 3.69. The molecule has 7 nitrogen and oxygen atoms in total. The molecule has 1 N–H and O–H groups in total. The molecule has 2 aromatic rings. The Balaban J connectivity index is 2.39. The summed E-state index contributed by atoms with van der Waals surface area (Å²) >= 11 is 0. The monoisotopic (exact) mass is 191 g/mol. The molecule has 0 saturated carbocycles. The summed E-state index contributed by atoms with van der Waals surface area (Å²) in [7, 11) is 0. The van der Waals surface area contributed by atoms with Gasteiger partial charge in [0, 0.05) is 12.4 Å². The lowest BCUT2D eigenvalue weighted by molar-refractivity contribution is 0.0690. The number of hydrogen-bond acceptors (Lipinski definition) is 5. The van der Waals surface area contributed by atoms with Crippen LogP contribution in [-0.2, 0) is 0 Å². The highest BCUT2D eigenvalue weighted by Crippen LogP contribution is 1.98. The van der Waals surface area contributed by atoms with Crippen molar-refractivity contribution >= 4 is 5.97 Å². The number of hydrogen-bond donors (Lipinski definition) is 1. The Bertz CT molecular complexity index is 452. The molecule has 0 fully saturated rings. The van der Waals surface area contributed by atoms with Crippen molar-refractivity contribution in [3.05, 3.63) is 30.5 Å². The van der Waals surface area contributed by atoms with E-state index in [4.69, 9.17) is 5.11 Å². The van der Waals surface area contributed by atoms with Crippen molar-refractivity contribution in [2.24, 2.45) is 0 Å². The fourth-order valence-corrected chi connectivity index (χ4v) is 0.866. The van der Waals surface area contributed by atoms with Gasteiger partial charge in [0.1, 0.15) is 0 Å². The van der Waals surface area contributed by atoms with E-state index < -0.39 is 5.97 Å². The molecule has 0 aliphatic rings. The summed E-state index contributed by atoms with van der Waals surface area (Å²) in [4.78, 5) is 19.3. The van der Waals surface area contributed by atoms with Crippen LogP contribution in [0.2, 0.25) is 0 Å². The van der Waals surface area contributed by atoms with Crippen molar-refractivity contribution in [2.75, 3.05) is 0 Å². The van der Waals surface area contributed by atoms with Crippen LogP contribution in [0.4, 0.5) is 0 Å². The van der Waals surface area contributed by atoms with Crippen LogP contribution in [0.15, 0.2) is 24.8 Å². The largest absolute Gasteiger partial charge is 0.476 e. The molecule has 70 valence electrons. The van der Waals surface area contributed by atoms with E-state index in [-0.39, 0.29) is 5.69 Å². The molecule has 0 saturated heterocycles. The highest BCUT2D eigenvalue weighted by molar-refractivity contribution is 5.84. The normalized spacial score (nSPS) is 10.0. The molecule has 0 aliphatic heterocycles. The van der Waals surface area contributed by atoms with Gasteiger partial charge in [0.05, 0.1) is 12.4 Å². The van der Waals surface area contributed by atoms with Gasteiger partial charge in [-0.2, -0.15) is 5.10 Å². The van der Waals surface area contributed by atoms with Gasteiger partial charge in [0.2, 0.25) is 0 Å². The second-order valence-corrected chi connectivity index (χ2v) is 2.39. The van der Waals surface area contributed by atoms with Crippen LogP contribution in [0.5, 0.6) is 0 Å². The average Bonchev–Trinajstić information content (AvgIpc) is 2.68. The molecule has 2 aromatic heterocycles. The van der Waals surface area contributed by atoms with Crippen molar-refractivity contribution < 1.29 is 9.90 Å². The van der Waals surface area contributed by atoms with Crippen LogP contribution in [0, 0.1) is 0 Å². The zero-order chi connectivity index (χ0) is 9.97. The summed E-state index contributed by atoms with van der Waals surface area (Å²) in [5.41, 5.74) is -0.129. The molecular weight excluding hydrogens is 186 g/mol. The number of carboxylic acids is 1. The van der Waals surface area contributed by atoms with Gasteiger partial charge in [-0.1, -0.05) is 0 Å². The van der Waals surface area contributed by atoms with E-state index in [9.17, 15) is 4.79 Å². The highest BCUT2D eigenvalue weighted by atomic mass is 16.4. The number of nitrogens with zero attached hydrogens (tertiary/aromatic N) is 5. The Kier molecular flexibility index (Phi) is 1.90. The van der Waals surface area contributed by atoms with Gasteiger partial charge in [-0.15, -0.1) is 9.90 Å². The minimum Gasteiger partial charge on any atom is -0.476 e. The number of aromatic carboxylic acids is 1. The van der Waals surface area contributed by atoms with Gasteiger partial charge in [0.15, 0.2) is 11.5 Å². The summed E-state index contributed by atoms with van der Waals surface area (Å²) in [5.74, 6) is -0.750. The van der Waals surface area contributed by atoms with Crippen molar-refractivity contribution in [2.45, 2.75) is 0 Å². The molecule has 0 amide bonds. The Morgan fingerprint density at radius 3 is 2.79 bits per heavy atom. The lowest BCUT2D eigenvalue weighted by Gasteiger charge is -1.94. The topological polar surface area (TPSA) is 93.8 Å². The zero-order valence-corrected chi connectivity index (χ0v) is 6.90. The minimum absolute atomic E-state index is 0.129. The number of carboxylic acid groups (broad SMARTS) is 1. The number of aromatic nitrogens is 5. The van der Waals surface area contributed by atoms with E-state index in [1.807, 2.05) is 0 Å².